The SMILES string of the molecule is O=C1OCCC1N[C@@H](Cc1ccccc1)C(=O)O. The van der Waals surface area contributed by atoms with Gasteiger partial charge in [-0.1, -0.05) is 30.3 Å². The van der Waals surface area contributed by atoms with Crippen LogP contribution in [0, 0.1) is 0 Å². The van der Waals surface area contributed by atoms with E-state index in [1.807, 2.05) is 30.3 Å². The first-order chi connectivity index (χ1) is 8.66. The van der Waals surface area contributed by atoms with E-state index in [1.165, 1.54) is 0 Å². The Balaban J connectivity index is 2.00. The fraction of sp³-hybridized carbons (Fsp3) is 0.385. The number of carboxylic acid groups (broad SMARTS) is 1. The van der Waals surface area contributed by atoms with Gasteiger partial charge in [0.1, 0.15) is 12.1 Å². The van der Waals surface area contributed by atoms with Crippen LogP contribution in [0.5, 0.6) is 0 Å². The minimum absolute atomic E-state index is 0.347. The first-order valence-corrected chi connectivity index (χ1v) is 5.86. The third kappa shape index (κ3) is 3.07. The van der Waals surface area contributed by atoms with Crippen molar-refractivity contribution in [2.24, 2.45) is 0 Å². The number of ether oxygens (including phenoxy) is 1. The summed E-state index contributed by atoms with van der Waals surface area (Å²) in [5.74, 6) is -1.33. The van der Waals surface area contributed by atoms with Gasteiger partial charge in [-0.3, -0.25) is 14.9 Å². The molecule has 0 aromatic heterocycles. The summed E-state index contributed by atoms with van der Waals surface area (Å²) in [6.07, 6.45) is 0.872. The third-order valence-electron chi connectivity index (χ3n) is 2.92. The van der Waals surface area contributed by atoms with Crippen LogP contribution in [0.3, 0.4) is 0 Å². The molecule has 0 aliphatic carbocycles. The van der Waals surface area contributed by atoms with E-state index in [-0.39, 0.29) is 5.97 Å². The molecule has 0 saturated carbocycles. The molecule has 1 aromatic rings. The van der Waals surface area contributed by atoms with Crippen LogP contribution in [0.15, 0.2) is 30.3 Å². The number of cyclic esters (lactones) is 1. The van der Waals surface area contributed by atoms with Crippen LogP contribution in [0.2, 0.25) is 0 Å². The number of esters is 1. The number of hydrogen-bond acceptors (Lipinski definition) is 4. The molecule has 1 aliphatic rings. The number of benzene rings is 1. The van der Waals surface area contributed by atoms with Crippen molar-refractivity contribution >= 4 is 11.9 Å². The fourth-order valence-corrected chi connectivity index (χ4v) is 1.96. The van der Waals surface area contributed by atoms with E-state index in [0.29, 0.717) is 19.4 Å². The van der Waals surface area contributed by atoms with Crippen LogP contribution >= 0.6 is 0 Å². The zero-order valence-corrected chi connectivity index (χ0v) is 9.83. The number of rotatable bonds is 5. The quantitative estimate of drug-likeness (QED) is 0.747. The maximum absolute atomic E-state index is 11.3. The Kier molecular flexibility index (Phi) is 3.94. The molecule has 2 rings (SSSR count). The molecule has 0 radical (unpaired) electrons. The molecule has 5 heteroatoms. The van der Waals surface area contributed by atoms with Gasteiger partial charge >= 0.3 is 11.9 Å². The summed E-state index contributed by atoms with van der Waals surface area (Å²) in [7, 11) is 0. The molecule has 1 aliphatic heterocycles. The minimum Gasteiger partial charge on any atom is -0.480 e. The summed E-state index contributed by atoms with van der Waals surface area (Å²) in [6, 6.07) is 8.05. The van der Waals surface area contributed by atoms with Crippen molar-refractivity contribution in [1.29, 1.82) is 0 Å². The first-order valence-electron chi connectivity index (χ1n) is 5.86. The van der Waals surface area contributed by atoms with Crippen LogP contribution in [0.1, 0.15) is 12.0 Å². The zero-order valence-electron chi connectivity index (χ0n) is 9.83. The molecule has 0 spiro atoms. The summed E-state index contributed by atoms with van der Waals surface area (Å²) < 4.78 is 4.80. The number of hydrogen-bond donors (Lipinski definition) is 2. The smallest absolute Gasteiger partial charge is 0.323 e. The molecule has 18 heavy (non-hydrogen) atoms. The molecule has 1 aromatic carbocycles. The Hall–Kier alpha value is -1.88. The molecule has 1 saturated heterocycles. The van der Waals surface area contributed by atoms with Gasteiger partial charge in [0.25, 0.3) is 0 Å². The monoisotopic (exact) mass is 249 g/mol. The highest BCUT2D eigenvalue weighted by Gasteiger charge is 2.31. The molecule has 1 heterocycles. The minimum atomic E-state index is -0.960. The third-order valence-corrected chi connectivity index (χ3v) is 2.92. The number of aliphatic carboxylic acids is 1. The molecular formula is C13H15NO4. The average Bonchev–Trinajstić information content (AvgIpc) is 2.75. The van der Waals surface area contributed by atoms with Crippen molar-refractivity contribution < 1.29 is 19.4 Å². The molecule has 1 fully saturated rings. The second kappa shape index (κ2) is 5.64. The van der Waals surface area contributed by atoms with Crippen molar-refractivity contribution in [3.8, 4) is 0 Å². The molecule has 2 N–H and O–H groups in total. The summed E-state index contributed by atoms with van der Waals surface area (Å²) in [6.45, 7) is 0.355. The van der Waals surface area contributed by atoms with Gasteiger partial charge in [-0.25, -0.2) is 0 Å². The predicted octanol–water partition coefficient (Wildman–Crippen LogP) is 0.587. The van der Waals surface area contributed by atoms with Crippen molar-refractivity contribution in [1.82, 2.24) is 5.32 Å². The van der Waals surface area contributed by atoms with Crippen LogP contribution in [-0.4, -0.2) is 35.7 Å². The van der Waals surface area contributed by atoms with Gasteiger partial charge < -0.3 is 9.84 Å². The van der Waals surface area contributed by atoms with E-state index in [9.17, 15) is 9.59 Å². The summed E-state index contributed by atoms with van der Waals surface area (Å²) in [4.78, 5) is 22.5. The van der Waals surface area contributed by atoms with E-state index in [0.717, 1.165) is 5.56 Å². The average molecular weight is 249 g/mol. The second-order valence-electron chi connectivity index (χ2n) is 4.26. The van der Waals surface area contributed by atoms with Crippen molar-refractivity contribution in [2.75, 3.05) is 6.61 Å². The topological polar surface area (TPSA) is 75.6 Å². The lowest BCUT2D eigenvalue weighted by atomic mass is 10.0. The van der Waals surface area contributed by atoms with Crippen LogP contribution in [-0.2, 0) is 20.7 Å². The molecule has 2 atom stereocenters. The number of nitrogens with one attached hydrogen (secondary N) is 1. The first kappa shape index (κ1) is 12.6. The second-order valence-corrected chi connectivity index (χ2v) is 4.26. The van der Waals surface area contributed by atoms with Gasteiger partial charge in [-0.05, 0) is 12.0 Å². The van der Waals surface area contributed by atoms with Crippen LogP contribution in [0.4, 0.5) is 0 Å². The van der Waals surface area contributed by atoms with Gasteiger partial charge in [0.05, 0.1) is 6.61 Å². The van der Waals surface area contributed by atoms with E-state index in [1.54, 1.807) is 0 Å². The maximum atomic E-state index is 11.3. The lowest BCUT2D eigenvalue weighted by Gasteiger charge is -2.17. The fourth-order valence-electron chi connectivity index (χ4n) is 1.96. The molecule has 5 nitrogen and oxygen atoms in total. The molecule has 1 unspecified atom stereocenters. The Morgan fingerprint density at radius 3 is 2.72 bits per heavy atom. The summed E-state index contributed by atoms with van der Waals surface area (Å²) in [5.41, 5.74) is 0.920. The number of carbonyl (C=O) groups excluding carboxylic acids is 1. The highest BCUT2D eigenvalue weighted by Crippen LogP contribution is 2.09. The maximum Gasteiger partial charge on any atom is 0.323 e. The Morgan fingerprint density at radius 1 is 1.44 bits per heavy atom. The molecule has 0 bridgehead atoms. The van der Waals surface area contributed by atoms with Gasteiger partial charge in [0, 0.05) is 6.42 Å². The standard InChI is InChI=1S/C13H15NO4/c15-12(16)11(8-9-4-2-1-3-5-9)14-10-6-7-18-13(10)17/h1-5,10-11,14H,6-8H2,(H,15,16)/t10?,11-/m0/s1. The van der Waals surface area contributed by atoms with Crippen molar-refractivity contribution in [3.05, 3.63) is 35.9 Å². The van der Waals surface area contributed by atoms with Gasteiger partial charge in [-0.2, -0.15) is 0 Å². The van der Waals surface area contributed by atoms with Gasteiger partial charge in [0.2, 0.25) is 0 Å². The zero-order chi connectivity index (χ0) is 13.0. The van der Waals surface area contributed by atoms with Gasteiger partial charge in [-0.15, -0.1) is 0 Å². The molecule has 96 valence electrons. The van der Waals surface area contributed by atoms with E-state index in [4.69, 9.17) is 9.84 Å². The van der Waals surface area contributed by atoms with Gasteiger partial charge in [0.15, 0.2) is 0 Å². The largest absolute Gasteiger partial charge is 0.480 e. The molecule has 0 amide bonds. The number of carboxylic acids is 1. The van der Waals surface area contributed by atoms with Crippen molar-refractivity contribution in [3.63, 3.8) is 0 Å². The van der Waals surface area contributed by atoms with Crippen LogP contribution in [0.25, 0.3) is 0 Å². The van der Waals surface area contributed by atoms with Crippen LogP contribution < -0.4 is 5.32 Å². The Morgan fingerprint density at radius 2 is 2.17 bits per heavy atom. The lowest BCUT2D eigenvalue weighted by molar-refractivity contribution is -0.142. The van der Waals surface area contributed by atoms with E-state index >= 15 is 0 Å². The molecular weight excluding hydrogens is 234 g/mol. The highest BCUT2D eigenvalue weighted by molar-refractivity contribution is 5.80. The normalized spacial score (nSPS) is 20.4. The van der Waals surface area contributed by atoms with E-state index in [2.05, 4.69) is 5.32 Å². The summed E-state index contributed by atoms with van der Waals surface area (Å²) in [5, 5.41) is 12.0. The van der Waals surface area contributed by atoms with Crippen molar-refractivity contribution in [2.45, 2.75) is 24.9 Å². The Bertz CT molecular complexity index is 432. The van der Waals surface area contributed by atoms with E-state index < -0.39 is 18.1 Å². The Labute approximate surface area is 105 Å². The predicted molar refractivity (Wildman–Crippen MR) is 64.1 cm³/mol. The highest BCUT2D eigenvalue weighted by atomic mass is 16.5. The summed E-state index contributed by atoms with van der Waals surface area (Å²) >= 11 is 0. The lowest BCUT2D eigenvalue weighted by Crippen LogP contribution is -2.46. The number of carbonyl (C=O) groups is 2.